The Kier molecular flexibility index (Phi) is 5.73. The average molecular weight is 321 g/mol. The minimum atomic E-state index is -3.26. The van der Waals surface area contributed by atoms with E-state index in [1.54, 1.807) is 19.9 Å². The zero-order valence-electron chi connectivity index (χ0n) is 12.2. The lowest BCUT2D eigenvalue weighted by molar-refractivity contribution is 0.475. The number of sulfonamides is 1. The molecule has 0 aliphatic carbocycles. The van der Waals surface area contributed by atoms with Crippen molar-refractivity contribution in [2.75, 3.05) is 18.1 Å². The highest BCUT2D eigenvalue weighted by molar-refractivity contribution is 7.88. The number of hydrogen-bond acceptors (Lipinski definition) is 5. The summed E-state index contributed by atoms with van der Waals surface area (Å²) < 4.78 is 25.1. The first-order valence-electron chi connectivity index (χ1n) is 6.37. The first-order valence-corrected chi connectivity index (χ1v) is 8.64. The molecule has 1 aromatic rings. The van der Waals surface area contributed by atoms with Gasteiger partial charge in [-0.25, -0.2) is 23.1 Å². The molecular weight excluding hydrogens is 300 g/mol. The third-order valence-electron chi connectivity index (χ3n) is 2.39. The van der Waals surface area contributed by atoms with E-state index in [4.69, 9.17) is 11.6 Å². The predicted octanol–water partition coefficient (Wildman–Crippen LogP) is 1.82. The van der Waals surface area contributed by atoms with Crippen LogP contribution >= 0.6 is 11.6 Å². The summed E-state index contributed by atoms with van der Waals surface area (Å²) in [5.41, 5.74) is -0.629. The Hall–Kier alpha value is -0.920. The Morgan fingerprint density at radius 1 is 1.35 bits per heavy atom. The van der Waals surface area contributed by atoms with Crippen molar-refractivity contribution in [3.8, 4) is 0 Å². The summed E-state index contributed by atoms with van der Waals surface area (Å²) >= 11 is 5.94. The molecule has 6 nitrogen and oxygen atoms in total. The number of rotatable bonds is 7. The minimum absolute atomic E-state index is 0.375. The van der Waals surface area contributed by atoms with E-state index in [9.17, 15) is 8.42 Å². The van der Waals surface area contributed by atoms with Gasteiger partial charge in [-0.05, 0) is 20.3 Å². The molecule has 0 aromatic carbocycles. The van der Waals surface area contributed by atoms with Crippen LogP contribution in [0.15, 0.2) is 6.07 Å². The van der Waals surface area contributed by atoms with Gasteiger partial charge in [-0.15, -0.1) is 0 Å². The number of hydrogen-bond donors (Lipinski definition) is 2. The molecule has 0 unspecified atom stereocenters. The maximum absolute atomic E-state index is 11.3. The molecule has 0 amide bonds. The summed E-state index contributed by atoms with van der Waals surface area (Å²) in [5.74, 6) is 1.27. The molecule has 0 saturated carbocycles. The Labute approximate surface area is 125 Å². The van der Waals surface area contributed by atoms with E-state index in [1.807, 2.05) is 6.92 Å². The van der Waals surface area contributed by atoms with E-state index in [-0.39, 0.29) is 0 Å². The highest BCUT2D eigenvalue weighted by Gasteiger charge is 2.22. The van der Waals surface area contributed by atoms with Gasteiger partial charge in [0.25, 0.3) is 0 Å². The molecule has 0 fully saturated rings. The molecule has 0 radical (unpaired) electrons. The van der Waals surface area contributed by atoms with Crippen LogP contribution in [0.3, 0.4) is 0 Å². The SMILES string of the molecule is CCCc1nc(Cl)cc(NCC(C)(C)NS(C)(=O)=O)n1. The van der Waals surface area contributed by atoms with Crippen LogP contribution in [-0.4, -0.2) is 36.7 Å². The van der Waals surface area contributed by atoms with Gasteiger partial charge in [0.15, 0.2) is 0 Å². The minimum Gasteiger partial charge on any atom is -0.368 e. The van der Waals surface area contributed by atoms with E-state index in [1.165, 1.54) is 0 Å². The van der Waals surface area contributed by atoms with Crippen molar-refractivity contribution in [3.05, 3.63) is 17.0 Å². The predicted molar refractivity (Wildman–Crippen MR) is 81.6 cm³/mol. The third-order valence-corrected chi connectivity index (χ3v) is 3.50. The van der Waals surface area contributed by atoms with Crippen molar-refractivity contribution < 1.29 is 8.42 Å². The summed E-state index contributed by atoms with van der Waals surface area (Å²) in [6.07, 6.45) is 2.82. The molecule has 1 heterocycles. The largest absolute Gasteiger partial charge is 0.368 e. The lowest BCUT2D eigenvalue weighted by atomic mass is 10.1. The molecule has 0 aliphatic rings. The first-order chi connectivity index (χ1) is 9.11. The average Bonchev–Trinajstić information content (AvgIpc) is 2.23. The molecule has 0 saturated heterocycles. The van der Waals surface area contributed by atoms with Gasteiger partial charge < -0.3 is 5.32 Å². The summed E-state index contributed by atoms with van der Waals surface area (Å²) in [5, 5.41) is 3.46. The first kappa shape index (κ1) is 17.1. The lowest BCUT2D eigenvalue weighted by Crippen LogP contribution is -2.47. The Morgan fingerprint density at radius 2 is 2.00 bits per heavy atom. The van der Waals surface area contributed by atoms with Crippen molar-refractivity contribution in [3.63, 3.8) is 0 Å². The van der Waals surface area contributed by atoms with Crippen molar-refractivity contribution in [2.45, 2.75) is 39.2 Å². The highest BCUT2D eigenvalue weighted by atomic mass is 35.5. The van der Waals surface area contributed by atoms with Crippen LogP contribution in [0.1, 0.15) is 33.0 Å². The van der Waals surface area contributed by atoms with Crippen LogP contribution in [0, 0.1) is 0 Å². The van der Waals surface area contributed by atoms with E-state index in [2.05, 4.69) is 20.0 Å². The van der Waals surface area contributed by atoms with Crippen molar-refractivity contribution >= 4 is 27.4 Å². The molecule has 20 heavy (non-hydrogen) atoms. The van der Waals surface area contributed by atoms with Crippen LogP contribution in [-0.2, 0) is 16.4 Å². The number of anilines is 1. The van der Waals surface area contributed by atoms with Crippen LogP contribution in [0.4, 0.5) is 5.82 Å². The summed E-state index contributed by atoms with van der Waals surface area (Å²) in [7, 11) is -3.26. The smallest absolute Gasteiger partial charge is 0.209 e. The second-order valence-corrected chi connectivity index (χ2v) is 7.49. The molecule has 0 bridgehead atoms. The van der Waals surface area contributed by atoms with Crippen LogP contribution in [0.25, 0.3) is 0 Å². The maximum atomic E-state index is 11.3. The van der Waals surface area contributed by atoms with Gasteiger partial charge in [-0.2, -0.15) is 0 Å². The highest BCUT2D eigenvalue weighted by Crippen LogP contribution is 2.14. The zero-order chi connectivity index (χ0) is 15.4. The van der Waals surface area contributed by atoms with Gasteiger partial charge in [0.2, 0.25) is 10.0 Å². The number of aryl methyl sites for hydroxylation is 1. The third kappa shape index (κ3) is 6.49. The van der Waals surface area contributed by atoms with E-state index >= 15 is 0 Å². The number of nitrogens with one attached hydrogen (secondary N) is 2. The number of aromatic nitrogens is 2. The van der Waals surface area contributed by atoms with E-state index < -0.39 is 15.6 Å². The second-order valence-electron chi connectivity index (χ2n) is 5.35. The van der Waals surface area contributed by atoms with E-state index in [0.717, 1.165) is 19.1 Å². The Morgan fingerprint density at radius 3 is 2.55 bits per heavy atom. The molecule has 2 N–H and O–H groups in total. The zero-order valence-corrected chi connectivity index (χ0v) is 13.8. The van der Waals surface area contributed by atoms with Crippen LogP contribution in [0.5, 0.6) is 0 Å². The fourth-order valence-electron chi connectivity index (χ4n) is 1.74. The molecular formula is C12H21ClN4O2S. The molecule has 0 aliphatic heterocycles. The van der Waals surface area contributed by atoms with Crippen molar-refractivity contribution in [2.24, 2.45) is 0 Å². The van der Waals surface area contributed by atoms with E-state index in [0.29, 0.717) is 23.3 Å². The summed E-state index contributed by atoms with van der Waals surface area (Å²) in [6.45, 7) is 6.00. The fraction of sp³-hybridized carbons (Fsp3) is 0.667. The lowest BCUT2D eigenvalue weighted by Gasteiger charge is -2.25. The molecule has 0 atom stereocenters. The van der Waals surface area contributed by atoms with Gasteiger partial charge in [0, 0.05) is 24.6 Å². The van der Waals surface area contributed by atoms with Gasteiger partial charge >= 0.3 is 0 Å². The quantitative estimate of drug-likeness (QED) is 0.749. The van der Waals surface area contributed by atoms with Gasteiger partial charge in [-0.3, -0.25) is 0 Å². The van der Waals surface area contributed by atoms with Gasteiger partial charge in [0.05, 0.1) is 6.26 Å². The normalized spacial score (nSPS) is 12.4. The molecule has 0 spiro atoms. The van der Waals surface area contributed by atoms with Gasteiger partial charge in [-0.1, -0.05) is 18.5 Å². The molecule has 8 heteroatoms. The summed E-state index contributed by atoms with van der Waals surface area (Å²) in [4.78, 5) is 8.47. The Balaban J connectivity index is 2.74. The number of halogens is 1. The van der Waals surface area contributed by atoms with Crippen LogP contribution < -0.4 is 10.0 Å². The molecule has 114 valence electrons. The molecule has 1 aromatic heterocycles. The standard InChI is InChI=1S/C12H21ClN4O2S/c1-5-6-10-15-9(13)7-11(16-10)14-8-12(2,3)17-20(4,18)19/h7,17H,5-6,8H2,1-4H3,(H,14,15,16). The van der Waals surface area contributed by atoms with Crippen LogP contribution in [0.2, 0.25) is 5.15 Å². The summed E-state index contributed by atoms with van der Waals surface area (Å²) in [6, 6.07) is 1.62. The monoisotopic (exact) mass is 320 g/mol. The topological polar surface area (TPSA) is 84.0 Å². The molecule has 1 rings (SSSR count). The van der Waals surface area contributed by atoms with Gasteiger partial charge in [0.1, 0.15) is 16.8 Å². The number of nitrogens with zero attached hydrogens (tertiary/aromatic N) is 2. The fourth-order valence-corrected chi connectivity index (χ4v) is 3.02. The Bertz CT molecular complexity index is 561. The van der Waals surface area contributed by atoms with Crippen molar-refractivity contribution in [1.82, 2.24) is 14.7 Å². The van der Waals surface area contributed by atoms with Crippen molar-refractivity contribution in [1.29, 1.82) is 0 Å². The maximum Gasteiger partial charge on any atom is 0.209 e. The second kappa shape index (κ2) is 6.69.